The summed E-state index contributed by atoms with van der Waals surface area (Å²) >= 11 is 1.67. The molecule has 4 rings (SSSR count). The summed E-state index contributed by atoms with van der Waals surface area (Å²) in [7, 11) is 0. The van der Waals surface area contributed by atoms with Gasteiger partial charge in [-0.1, -0.05) is 30.8 Å². The van der Waals surface area contributed by atoms with Crippen molar-refractivity contribution >= 4 is 17.3 Å². The lowest BCUT2D eigenvalue weighted by Crippen LogP contribution is -2.33. The maximum atomic E-state index is 6.05. The number of ether oxygens (including phenoxy) is 3. The molecular formula is C19H21N3O3S. The van der Waals surface area contributed by atoms with Crippen LogP contribution in [0.25, 0.3) is 16.8 Å². The molecule has 0 aliphatic carbocycles. The zero-order chi connectivity index (χ0) is 17.8. The molecule has 26 heavy (non-hydrogen) atoms. The average molecular weight is 371 g/mol. The molecule has 1 saturated heterocycles. The largest absolute Gasteiger partial charge is 0.490 e. The first-order valence-electron chi connectivity index (χ1n) is 8.75. The Labute approximate surface area is 156 Å². The van der Waals surface area contributed by atoms with Crippen LogP contribution in [0.1, 0.15) is 6.92 Å². The summed E-state index contributed by atoms with van der Waals surface area (Å²) in [6.45, 7) is 4.38. The van der Waals surface area contributed by atoms with E-state index in [-0.39, 0.29) is 6.10 Å². The normalized spacial score (nSPS) is 17.5. The number of thioether (sulfide) groups is 1. The highest BCUT2D eigenvalue weighted by Gasteiger charge is 2.18. The SMILES string of the molecule is CCSc1nnc(-c2ccccc2OCC2COCCO2)c2cccn12. The number of hydrogen-bond donors (Lipinski definition) is 0. The second-order valence-electron chi connectivity index (χ2n) is 5.90. The van der Waals surface area contributed by atoms with Crippen LogP contribution in [0.3, 0.4) is 0 Å². The number of para-hydroxylation sites is 1. The Morgan fingerprint density at radius 2 is 2.12 bits per heavy atom. The molecule has 0 N–H and O–H groups in total. The Morgan fingerprint density at radius 3 is 2.96 bits per heavy atom. The molecule has 0 bridgehead atoms. The van der Waals surface area contributed by atoms with Gasteiger partial charge in [0.05, 0.1) is 25.3 Å². The lowest BCUT2D eigenvalue weighted by atomic mass is 10.1. The zero-order valence-corrected chi connectivity index (χ0v) is 15.4. The Morgan fingerprint density at radius 1 is 1.19 bits per heavy atom. The van der Waals surface area contributed by atoms with E-state index in [1.807, 2.05) is 36.5 Å². The van der Waals surface area contributed by atoms with Gasteiger partial charge in [0.25, 0.3) is 0 Å². The minimum Gasteiger partial charge on any atom is -0.490 e. The van der Waals surface area contributed by atoms with Crippen LogP contribution in [0.15, 0.2) is 47.8 Å². The molecule has 1 aliphatic rings. The second-order valence-corrected chi connectivity index (χ2v) is 7.13. The van der Waals surface area contributed by atoms with Gasteiger partial charge in [0.15, 0.2) is 5.16 Å². The fraction of sp³-hybridized carbons (Fsp3) is 0.368. The summed E-state index contributed by atoms with van der Waals surface area (Å²) in [5.74, 6) is 1.72. The molecule has 3 aromatic rings. The van der Waals surface area contributed by atoms with Gasteiger partial charge in [-0.05, 0) is 30.0 Å². The van der Waals surface area contributed by atoms with Crippen LogP contribution in [0.4, 0.5) is 0 Å². The molecule has 1 atom stereocenters. The third kappa shape index (κ3) is 3.56. The Bertz CT molecular complexity index is 877. The predicted molar refractivity (Wildman–Crippen MR) is 101 cm³/mol. The zero-order valence-electron chi connectivity index (χ0n) is 14.6. The van der Waals surface area contributed by atoms with Crippen molar-refractivity contribution in [2.45, 2.75) is 18.2 Å². The molecule has 0 saturated carbocycles. The van der Waals surface area contributed by atoms with Gasteiger partial charge in [-0.25, -0.2) is 0 Å². The number of benzene rings is 1. The van der Waals surface area contributed by atoms with Crippen LogP contribution in [-0.4, -0.2) is 52.9 Å². The van der Waals surface area contributed by atoms with E-state index in [2.05, 4.69) is 27.6 Å². The number of hydrogen-bond acceptors (Lipinski definition) is 6. The van der Waals surface area contributed by atoms with Crippen molar-refractivity contribution in [1.82, 2.24) is 14.6 Å². The van der Waals surface area contributed by atoms with E-state index in [1.165, 1.54) is 0 Å². The van der Waals surface area contributed by atoms with Crippen molar-refractivity contribution in [2.75, 3.05) is 32.2 Å². The van der Waals surface area contributed by atoms with E-state index in [0.717, 1.165) is 33.4 Å². The van der Waals surface area contributed by atoms with Gasteiger partial charge in [-0.3, -0.25) is 4.40 Å². The van der Waals surface area contributed by atoms with Crippen LogP contribution < -0.4 is 4.74 Å². The maximum Gasteiger partial charge on any atom is 0.194 e. The summed E-state index contributed by atoms with van der Waals surface area (Å²) in [5.41, 5.74) is 2.75. The minimum atomic E-state index is -0.0421. The van der Waals surface area contributed by atoms with Gasteiger partial charge >= 0.3 is 0 Å². The highest BCUT2D eigenvalue weighted by Crippen LogP contribution is 2.32. The molecule has 0 radical (unpaired) electrons. The van der Waals surface area contributed by atoms with Gasteiger partial charge in [-0.15, -0.1) is 10.2 Å². The van der Waals surface area contributed by atoms with Crippen LogP contribution in [0.2, 0.25) is 0 Å². The fourth-order valence-corrected chi connectivity index (χ4v) is 3.61. The van der Waals surface area contributed by atoms with E-state index in [0.29, 0.717) is 26.4 Å². The molecule has 2 aromatic heterocycles. The molecule has 1 unspecified atom stereocenters. The van der Waals surface area contributed by atoms with Crippen molar-refractivity contribution in [3.8, 4) is 17.0 Å². The molecule has 3 heterocycles. The summed E-state index contributed by atoms with van der Waals surface area (Å²) < 4.78 is 19.2. The van der Waals surface area contributed by atoms with Gasteiger partial charge in [0.2, 0.25) is 0 Å². The van der Waals surface area contributed by atoms with E-state index in [9.17, 15) is 0 Å². The minimum absolute atomic E-state index is 0.0421. The monoisotopic (exact) mass is 371 g/mol. The molecule has 7 heteroatoms. The molecule has 136 valence electrons. The molecule has 0 amide bonds. The third-order valence-electron chi connectivity index (χ3n) is 4.16. The smallest absolute Gasteiger partial charge is 0.194 e. The van der Waals surface area contributed by atoms with E-state index in [1.54, 1.807) is 11.8 Å². The molecule has 1 fully saturated rings. The van der Waals surface area contributed by atoms with E-state index >= 15 is 0 Å². The first-order valence-corrected chi connectivity index (χ1v) is 9.73. The predicted octanol–water partition coefficient (Wildman–Crippen LogP) is 3.30. The number of fused-ring (bicyclic) bond motifs is 1. The van der Waals surface area contributed by atoms with Crippen molar-refractivity contribution in [1.29, 1.82) is 0 Å². The Hall–Kier alpha value is -2.09. The lowest BCUT2D eigenvalue weighted by Gasteiger charge is -2.23. The van der Waals surface area contributed by atoms with Gasteiger partial charge < -0.3 is 14.2 Å². The molecule has 1 aliphatic heterocycles. The first kappa shape index (κ1) is 17.3. The second kappa shape index (κ2) is 8.07. The fourth-order valence-electron chi connectivity index (χ4n) is 2.96. The summed E-state index contributed by atoms with van der Waals surface area (Å²) in [4.78, 5) is 0. The van der Waals surface area contributed by atoms with Crippen LogP contribution in [0.5, 0.6) is 5.75 Å². The van der Waals surface area contributed by atoms with Crippen LogP contribution in [0, 0.1) is 0 Å². The molecule has 1 aromatic carbocycles. The van der Waals surface area contributed by atoms with Crippen molar-refractivity contribution in [3.63, 3.8) is 0 Å². The van der Waals surface area contributed by atoms with Crippen molar-refractivity contribution in [3.05, 3.63) is 42.6 Å². The standard InChI is InChI=1S/C19H21N3O3S/c1-2-26-19-21-20-18(16-7-5-9-22(16)19)15-6-3-4-8-17(15)25-13-14-12-23-10-11-24-14/h3-9,14H,2,10-13H2,1H3. The quantitative estimate of drug-likeness (QED) is 0.620. The third-order valence-corrected chi connectivity index (χ3v) is 4.98. The van der Waals surface area contributed by atoms with Crippen LogP contribution in [-0.2, 0) is 9.47 Å². The summed E-state index contributed by atoms with van der Waals surface area (Å²) in [5, 5.41) is 9.80. The molecule has 0 spiro atoms. The summed E-state index contributed by atoms with van der Waals surface area (Å²) in [6.07, 6.45) is 1.97. The van der Waals surface area contributed by atoms with Gasteiger partial charge in [0.1, 0.15) is 24.2 Å². The van der Waals surface area contributed by atoms with E-state index < -0.39 is 0 Å². The summed E-state index contributed by atoms with van der Waals surface area (Å²) in [6, 6.07) is 12.0. The van der Waals surface area contributed by atoms with Gasteiger partial charge in [0, 0.05) is 11.8 Å². The highest BCUT2D eigenvalue weighted by atomic mass is 32.2. The van der Waals surface area contributed by atoms with Crippen LogP contribution >= 0.6 is 11.8 Å². The lowest BCUT2D eigenvalue weighted by molar-refractivity contribution is -0.101. The van der Waals surface area contributed by atoms with E-state index in [4.69, 9.17) is 14.2 Å². The van der Waals surface area contributed by atoms with Crippen molar-refractivity contribution in [2.24, 2.45) is 0 Å². The van der Waals surface area contributed by atoms with Gasteiger partial charge in [-0.2, -0.15) is 0 Å². The van der Waals surface area contributed by atoms with Crippen molar-refractivity contribution < 1.29 is 14.2 Å². The average Bonchev–Trinajstić information content (AvgIpc) is 3.18. The number of aromatic nitrogens is 3. The molecular weight excluding hydrogens is 350 g/mol. The Balaban J connectivity index is 1.65. The maximum absolute atomic E-state index is 6.05. The molecule has 6 nitrogen and oxygen atoms in total. The topological polar surface area (TPSA) is 57.9 Å². The first-order chi connectivity index (χ1) is 12.9. The number of nitrogens with zero attached hydrogens (tertiary/aromatic N) is 3. The highest BCUT2D eigenvalue weighted by molar-refractivity contribution is 7.99. The number of rotatable bonds is 6. The Kier molecular flexibility index (Phi) is 5.38.